The summed E-state index contributed by atoms with van der Waals surface area (Å²) in [6, 6.07) is 7.55. The molecule has 0 radical (unpaired) electrons. The van der Waals surface area contributed by atoms with Crippen LogP contribution >= 0.6 is 15.9 Å². The minimum atomic E-state index is -0.439. The van der Waals surface area contributed by atoms with E-state index in [0.717, 1.165) is 10.2 Å². The molecule has 2 rings (SSSR count). The Hall–Kier alpha value is -2.08. The number of nitrogens with one attached hydrogen (secondary N) is 2. The normalized spacial score (nSPS) is 10.4. The van der Waals surface area contributed by atoms with E-state index in [4.69, 9.17) is 4.74 Å². The van der Waals surface area contributed by atoms with Crippen molar-refractivity contribution in [1.29, 1.82) is 0 Å². The quantitative estimate of drug-likeness (QED) is 0.629. The van der Waals surface area contributed by atoms with Crippen LogP contribution in [0.1, 0.15) is 32.1 Å². The number of methoxy groups -OCH3 is 1. The van der Waals surface area contributed by atoms with Gasteiger partial charge >= 0.3 is 5.97 Å². The Bertz CT molecular complexity index is 705. The van der Waals surface area contributed by atoms with Crippen molar-refractivity contribution in [3.05, 3.63) is 51.3 Å². The number of anilines is 1. The largest absolute Gasteiger partial charge is 0.465 e. The summed E-state index contributed by atoms with van der Waals surface area (Å²) in [5.74, 6) is -0.551. The number of Topliss-reactive ketones (excluding diaryl/α,β-unsaturated/α-hetero) is 1. The molecule has 0 saturated carbocycles. The number of carbonyl (C=O) groups is 2. The fourth-order valence-corrected chi connectivity index (χ4v) is 2.54. The number of H-pyrrole nitrogens is 1. The second-order valence-corrected chi connectivity index (χ2v) is 5.82. The Morgan fingerprint density at radius 3 is 2.45 bits per heavy atom. The van der Waals surface area contributed by atoms with E-state index in [0.29, 0.717) is 22.5 Å². The van der Waals surface area contributed by atoms with Gasteiger partial charge in [-0.2, -0.15) is 0 Å². The SMILES string of the molecule is COC(=O)c1c(C)[nH]c(C(=O)CNc2ccc(Br)cc2)c1C. The second kappa shape index (κ2) is 6.79. The molecule has 1 aromatic carbocycles. The summed E-state index contributed by atoms with van der Waals surface area (Å²) in [4.78, 5) is 27.0. The predicted octanol–water partition coefficient (Wildman–Crippen LogP) is 3.48. The molecule has 0 saturated heterocycles. The summed E-state index contributed by atoms with van der Waals surface area (Å²) in [5.41, 5.74) is 2.96. The Morgan fingerprint density at radius 2 is 1.86 bits per heavy atom. The van der Waals surface area contributed by atoms with Gasteiger partial charge in [-0.1, -0.05) is 15.9 Å². The molecule has 0 aliphatic rings. The second-order valence-electron chi connectivity index (χ2n) is 4.90. The van der Waals surface area contributed by atoms with Gasteiger partial charge in [0, 0.05) is 15.9 Å². The molecule has 1 aromatic heterocycles. The lowest BCUT2D eigenvalue weighted by Gasteiger charge is -2.06. The molecule has 1 heterocycles. The number of aromatic nitrogens is 1. The topological polar surface area (TPSA) is 71.2 Å². The van der Waals surface area contributed by atoms with Crippen molar-refractivity contribution in [2.45, 2.75) is 13.8 Å². The van der Waals surface area contributed by atoms with Crippen molar-refractivity contribution in [2.24, 2.45) is 0 Å². The number of ketones is 1. The molecule has 0 aliphatic carbocycles. The molecular weight excluding hydrogens is 348 g/mol. The highest BCUT2D eigenvalue weighted by Gasteiger charge is 2.22. The summed E-state index contributed by atoms with van der Waals surface area (Å²) in [7, 11) is 1.32. The van der Waals surface area contributed by atoms with E-state index in [1.54, 1.807) is 13.8 Å². The van der Waals surface area contributed by atoms with Crippen molar-refractivity contribution < 1.29 is 14.3 Å². The average Bonchev–Trinajstić information content (AvgIpc) is 2.80. The van der Waals surface area contributed by atoms with Gasteiger partial charge in [-0.3, -0.25) is 4.79 Å². The molecule has 0 unspecified atom stereocenters. The fraction of sp³-hybridized carbons (Fsp3) is 0.250. The Labute approximate surface area is 137 Å². The third kappa shape index (κ3) is 3.39. The van der Waals surface area contributed by atoms with E-state index in [-0.39, 0.29) is 12.3 Å². The molecule has 0 bridgehead atoms. The maximum absolute atomic E-state index is 12.3. The molecule has 0 spiro atoms. The fourth-order valence-electron chi connectivity index (χ4n) is 2.28. The molecule has 22 heavy (non-hydrogen) atoms. The van der Waals surface area contributed by atoms with Crippen molar-refractivity contribution in [2.75, 3.05) is 19.0 Å². The van der Waals surface area contributed by atoms with Crippen LogP contribution in [-0.4, -0.2) is 30.4 Å². The summed E-state index contributed by atoms with van der Waals surface area (Å²) < 4.78 is 5.72. The van der Waals surface area contributed by atoms with Gasteiger partial charge in [0.05, 0.1) is 24.9 Å². The molecule has 0 aliphatic heterocycles. The summed E-state index contributed by atoms with van der Waals surface area (Å²) >= 11 is 3.36. The highest BCUT2D eigenvalue weighted by molar-refractivity contribution is 9.10. The molecule has 116 valence electrons. The van der Waals surface area contributed by atoms with Crippen LogP contribution in [0.3, 0.4) is 0 Å². The van der Waals surface area contributed by atoms with Gasteiger partial charge in [0.1, 0.15) is 0 Å². The average molecular weight is 365 g/mol. The minimum Gasteiger partial charge on any atom is -0.465 e. The maximum Gasteiger partial charge on any atom is 0.339 e. The van der Waals surface area contributed by atoms with Crippen LogP contribution in [0.15, 0.2) is 28.7 Å². The number of aryl methyl sites for hydroxylation is 1. The molecule has 5 nitrogen and oxygen atoms in total. The van der Waals surface area contributed by atoms with Crippen molar-refractivity contribution in [1.82, 2.24) is 4.98 Å². The number of esters is 1. The van der Waals surface area contributed by atoms with Crippen LogP contribution in [-0.2, 0) is 4.74 Å². The molecule has 0 amide bonds. The van der Waals surface area contributed by atoms with Gasteiger partial charge < -0.3 is 15.0 Å². The number of ether oxygens (including phenoxy) is 1. The third-order valence-electron chi connectivity index (χ3n) is 3.40. The number of halogens is 1. The number of rotatable bonds is 5. The van der Waals surface area contributed by atoms with E-state index >= 15 is 0 Å². The minimum absolute atomic E-state index is 0.112. The standard InChI is InChI=1S/C16H17BrN2O3/c1-9-14(16(21)22-3)10(2)19-15(9)13(20)8-18-12-6-4-11(17)5-7-12/h4-7,18-19H,8H2,1-3H3. The van der Waals surface area contributed by atoms with Gasteiger partial charge in [0.25, 0.3) is 0 Å². The zero-order chi connectivity index (χ0) is 16.3. The highest BCUT2D eigenvalue weighted by Crippen LogP contribution is 2.20. The van der Waals surface area contributed by atoms with Crippen LogP contribution in [0.5, 0.6) is 0 Å². The van der Waals surface area contributed by atoms with Gasteiger partial charge in [-0.15, -0.1) is 0 Å². The lowest BCUT2D eigenvalue weighted by molar-refractivity contribution is 0.0599. The first kappa shape index (κ1) is 16.3. The lowest BCUT2D eigenvalue weighted by atomic mass is 10.1. The lowest BCUT2D eigenvalue weighted by Crippen LogP contribution is -2.15. The Morgan fingerprint density at radius 1 is 1.23 bits per heavy atom. The molecule has 6 heteroatoms. The Kier molecular flexibility index (Phi) is 5.03. The van der Waals surface area contributed by atoms with E-state index in [1.807, 2.05) is 24.3 Å². The summed E-state index contributed by atoms with van der Waals surface area (Å²) in [6.07, 6.45) is 0. The van der Waals surface area contributed by atoms with Crippen molar-refractivity contribution in [3.8, 4) is 0 Å². The van der Waals surface area contributed by atoms with Crippen LogP contribution < -0.4 is 5.32 Å². The summed E-state index contributed by atoms with van der Waals surface area (Å²) in [6.45, 7) is 3.63. The number of hydrogen-bond donors (Lipinski definition) is 2. The number of aromatic amines is 1. The highest BCUT2D eigenvalue weighted by atomic mass is 79.9. The zero-order valence-corrected chi connectivity index (χ0v) is 14.2. The smallest absolute Gasteiger partial charge is 0.339 e. The third-order valence-corrected chi connectivity index (χ3v) is 3.93. The monoisotopic (exact) mass is 364 g/mol. The van der Waals surface area contributed by atoms with E-state index in [2.05, 4.69) is 26.2 Å². The van der Waals surface area contributed by atoms with E-state index < -0.39 is 5.97 Å². The molecule has 0 fully saturated rings. The van der Waals surface area contributed by atoms with Crippen LogP contribution in [0.4, 0.5) is 5.69 Å². The van der Waals surface area contributed by atoms with Gasteiger partial charge in [0.15, 0.2) is 5.78 Å². The molecular formula is C16H17BrN2O3. The summed E-state index contributed by atoms with van der Waals surface area (Å²) in [5, 5.41) is 3.06. The first-order valence-corrected chi connectivity index (χ1v) is 7.53. The maximum atomic E-state index is 12.3. The Balaban J connectivity index is 2.13. The predicted molar refractivity (Wildman–Crippen MR) is 88.6 cm³/mol. The number of hydrogen-bond acceptors (Lipinski definition) is 4. The zero-order valence-electron chi connectivity index (χ0n) is 12.6. The van der Waals surface area contributed by atoms with E-state index in [1.165, 1.54) is 7.11 Å². The molecule has 2 aromatic rings. The van der Waals surface area contributed by atoms with Crippen LogP contribution in [0, 0.1) is 13.8 Å². The number of carbonyl (C=O) groups excluding carboxylic acids is 2. The van der Waals surface area contributed by atoms with Gasteiger partial charge in [-0.05, 0) is 43.7 Å². The van der Waals surface area contributed by atoms with Crippen molar-refractivity contribution >= 4 is 33.4 Å². The van der Waals surface area contributed by atoms with Crippen molar-refractivity contribution in [3.63, 3.8) is 0 Å². The first-order valence-electron chi connectivity index (χ1n) is 6.74. The van der Waals surface area contributed by atoms with Gasteiger partial charge in [0.2, 0.25) is 0 Å². The number of benzene rings is 1. The van der Waals surface area contributed by atoms with Crippen LogP contribution in [0.25, 0.3) is 0 Å². The van der Waals surface area contributed by atoms with E-state index in [9.17, 15) is 9.59 Å². The molecule has 2 N–H and O–H groups in total. The van der Waals surface area contributed by atoms with Gasteiger partial charge in [-0.25, -0.2) is 4.79 Å². The molecule has 0 atom stereocenters. The van der Waals surface area contributed by atoms with Crippen LogP contribution in [0.2, 0.25) is 0 Å². The first-order chi connectivity index (χ1) is 10.4.